The molecular formula is C14H26N4. The summed E-state index contributed by atoms with van der Waals surface area (Å²) in [6, 6.07) is 0. The van der Waals surface area contributed by atoms with Crippen LogP contribution in [0.2, 0.25) is 0 Å². The SMILES string of the molecule is CCc1nc(NC)c(C)c(N(C)C(C)(C)CC)n1. The number of anilines is 2. The van der Waals surface area contributed by atoms with Crippen molar-refractivity contribution < 1.29 is 0 Å². The lowest BCUT2D eigenvalue weighted by Crippen LogP contribution is -2.41. The molecule has 0 radical (unpaired) electrons. The highest BCUT2D eigenvalue weighted by Crippen LogP contribution is 2.29. The lowest BCUT2D eigenvalue weighted by Gasteiger charge is -2.37. The molecule has 18 heavy (non-hydrogen) atoms. The highest BCUT2D eigenvalue weighted by Gasteiger charge is 2.25. The summed E-state index contributed by atoms with van der Waals surface area (Å²) in [6.45, 7) is 10.8. The highest BCUT2D eigenvalue weighted by molar-refractivity contribution is 5.59. The van der Waals surface area contributed by atoms with Crippen LogP contribution >= 0.6 is 0 Å². The van der Waals surface area contributed by atoms with Crippen molar-refractivity contribution in [1.82, 2.24) is 9.97 Å². The van der Waals surface area contributed by atoms with Crippen molar-refractivity contribution in [3.63, 3.8) is 0 Å². The van der Waals surface area contributed by atoms with E-state index >= 15 is 0 Å². The molecule has 0 fully saturated rings. The molecule has 0 bridgehead atoms. The van der Waals surface area contributed by atoms with Crippen LogP contribution in [-0.4, -0.2) is 29.6 Å². The second kappa shape index (κ2) is 5.55. The first-order valence-electron chi connectivity index (χ1n) is 6.66. The molecule has 4 nitrogen and oxygen atoms in total. The van der Waals surface area contributed by atoms with Gasteiger partial charge in [-0.05, 0) is 27.2 Å². The van der Waals surface area contributed by atoms with Crippen molar-refractivity contribution in [2.45, 2.75) is 53.0 Å². The van der Waals surface area contributed by atoms with Crippen molar-refractivity contribution in [1.29, 1.82) is 0 Å². The number of hydrogen-bond acceptors (Lipinski definition) is 4. The van der Waals surface area contributed by atoms with E-state index in [0.717, 1.165) is 35.9 Å². The Morgan fingerprint density at radius 3 is 2.28 bits per heavy atom. The van der Waals surface area contributed by atoms with Gasteiger partial charge in [-0.25, -0.2) is 9.97 Å². The highest BCUT2D eigenvalue weighted by atomic mass is 15.2. The molecule has 1 heterocycles. The van der Waals surface area contributed by atoms with Gasteiger partial charge in [0.2, 0.25) is 0 Å². The molecule has 0 aromatic carbocycles. The zero-order valence-corrected chi connectivity index (χ0v) is 12.8. The summed E-state index contributed by atoms with van der Waals surface area (Å²) in [6.07, 6.45) is 1.92. The summed E-state index contributed by atoms with van der Waals surface area (Å²) in [5.74, 6) is 2.84. The van der Waals surface area contributed by atoms with E-state index in [1.807, 2.05) is 7.05 Å². The molecule has 0 saturated carbocycles. The molecule has 1 rings (SSSR count). The Bertz CT molecular complexity index is 413. The number of rotatable bonds is 5. The van der Waals surface area contributed by atoms with Gasteiger partial charge in [-0.1, -0.05) is 13.8 Å². The van der Waals surface area contributed by atoms with Crippen molar-refractivity contribution in [2.24, 2.45) is 0 Å². The first kappa shape index (κ1) is 14.7. The van der Waals surface area contributed by atoms with Crippen LogP contribution in [0.3, 0.4) is 0 Å². The Kier molecular flexibility index (Phi) is 4.54. The molecule has 0 amide bonds. The number of nitrogens with zero attached hydrogens (tertiary/aromatic N) is 3. The first-order chi connectivity index (χ1) is 8.37. The molecule has 1 N–H and O–H groups in total. The largest absolute Gasteiger partial charge is 0.373 e. The van der Waals surface area contributed by atoms with Crippen LogP contribution in [0.25, 0.3) is 0 Å². The second-order valence-electron chi connectivity index (χ2n) is 5.27. The van der Waals surface area contributed by atoms with Gasteiger partial charge in [-0.3, -0.25) is 0 Å². The van der Waals surface area contributed by atoms with Gasteiger partial charge >= 0.3 is 0 Å². The number of aryl methyl sites for hydroxylation is 1. The number of aromatic nitrogens is 2. The fourth-order valence-electron chi connectivity index (χ4n) is 1.80. The van der Waals surface area contributed by atoms with E-state index in [1.165, 1.54) is 0 Å². The Balaban J connectivity index is 3.30. The van der Waals surface area contributed by atoms with Crippen molar-refractivity contribution in [3.8, 4) is 0 Å². The van der Waals surface area contributed by atoms with Gasteiger partial charge in [0.25, 0.3) is 0 Å². The van der Waals surface area contributed by atoms with Crippen LogP contribution in [0.5, 0.6) is 0 Å². The minimum Gasteiger partial charge on any atom is -0.373 e. The lowest BCUT2D eigenvalue weighted by atomic mass is 9.99. The molecule has 0 saturated heterocycles. The van der Waals surface area contributed by atoms with E-state index in [9.17, 15) is 0 Å². The van der Waals surface area contributed by atoms with Gasteiger partial charge in [-0.15, -0.1) is 0 Å². The van der Waals surface area contributed by atoms with E-state index in [4.69, 9.17) is 0 Å². The molecule has 0 atom stereocenters. The van der Waals surface area contributed by atoms with E-state index in [0.29, 0.717) is 0 Å². The molecule has 0 spiro atoms. The lowest BCUT2D eigenvalue weighted by molar-refractivity contribution is 0.466. The molecule has 0 unspecified atom stereocenters. The van der Waals surface area contributed by atoms with E-state index in [2.05, 4.69) is 61.9 Å². The van der Waals surface area contributed by atoms with E-state index in [-0.39, 0.29) is 5.54 Å². The minimum absolute atomic E-state index is 0.0924. The van der Waals surface area contributed by atoms with Gasteiger partial charge < -0.3 is 10.2 Å². The van der Waals surface area contributed by atoms with Gasteiger partial charge in [-0.2, -0.15) is 0 Å². The average Bonchev–Trinajstić information content (AvgIpc) is 2.38. The van der Waals surface area contributed by atoms with Crippen molar-refractivity contribution >= 4 is 11.6 Å². The molecule has 1 aromatic heterocycles. The quantitative estimate of drug-likeness (QED) is 0.872. The Hall–Kier alpha value is -1.32. The molecular weight excluding hydrogens is 224 g/mol. The van der Waals surface area contributed by atoms with Gasteiger partial charge in [0.15, 0.2) is 0 Å². The summed E-state index contributed by atoms with van der Waals surface area (Å²) in [5.41, 5.74) is 1.20. The monoisotopic (exact) mass is 250 g/mol. The zero-order valence-electron chi connectivity index (χ0n) is 12.8. The van der Waals surface area contributed by atoms with E-state index < -0.39 is 0 Å². The Morgan fingerprint density at radius 1 is 1.22 bits per heavy atom. The molecule has 1 aromatic rings. The summed E-state index contributed by atoms with van der Waals surface area (Å²) in [4.78, 5) is 11.5. The topological polar surface area (TPSA) is 41.1 Å². The third-order valence-corrected chi connectivity index (χ3v) is 3.81. The summed E-state index contributed by atoms with van der Waals surface area (Å²) >= 11 is 0. The van der Waals surface area contributed by atoms with Gasteiger partial charge in [0.1, 0.15) is 17.5 Å². The van der Waals surface area contributed by atoms with Crippen LogP contribution in [0.1, 0.15) is 45.5 Å². The van der Waals surface area contributed by atoms with Crippen molar-refractivity contribution in [2.75, 3.05) is 24.3 Å². The smallest absolute Gasteiger partial charge is 0.137 e. The minimum atomic E-state index is 0.0924. The Labute approximate surface area is 111 Å². The summed E-state index contributed by atoms with van der Waals surface area (Å²) in [7, 11) is 4.02. The predicted octanol–water partition coefficient (Wildman–Crippen LogP) is 3.01. The standard InChI is InChI=1S/C14H26N4/c1-8-11-16-12(15-6)10(3)13(17-11)18(7)14(4,5)9-2/h8-9H2,1-7H3,(H,15,16,17). The second-order valence-corrected chi connectivity index (χ2v) is 5.27. The molecule has 0 aliphatic carbocycles. The zero-order chi connectivity index (χ0) is 13.9. The van der Waals surface area contributed by atoms with Crippen LogP contribution in [0, 0.1) is 6.92 Å². The molecule has 0 aliphatic heterocycles. The maximum atomic E-state index is 4.69. The maximum absolute atomic E-state index is 4.69. The third kappa shape index (κ3) is 2.74. The fraction of sp³-hybridized carbons (Fsp3) is 0.714. The van der Waals surface area contributed by atoms with E-state index in [1.54, 1.807) is 0 Å². The molecule has 4 heteroatoms. The maximum Gasteiger partial charge on any atom is 0.137 e. The van der Waals surface area contributed by atoms with Crippen LogP contribution in [0.4, 0.5) is 11.6 Å². The summed E-state index contributed by atoms with van der Waals surface area (Å²) < 4.78 is 0. The third-order valence-electron chi connectivity index (χ3n) is 3.81. The van der Waals surface area contributed by atoms with Crippen LogP contribution in [-0.2, 0) is 6.42 Å². The normalized spacial score (nSPS) is 11.5. The Morgan fingerprint density at radius 2 is 1.83 bits per heavy atom. The first-order valence-corrected chi connectivity index (χ1v) is 6.66. The molecule has 0 aliphatic rings. The van der Waals surface area contributed by atoms with Crippen LogP contribution < -0.4 is 10.2 Å². The van der Waals surface area contributed by atoms with Crippen molar-refractivity contribution in [3.05, 3.63) is 11.4 Å². The summed E-state index contributed by atoms with van der Waals surface area (Å²) in [5, 5.41) is 3.16. The molecule has 102 valence electrons. The fourth-order valence-corrected chi connectivity index (χ4v) is 1.80. The number of nitrogens with one attached hydrogen (secondary N) is 1. The average molecular weight is 250 g/mol. The van der Waals surface area contributed by atoms with Crippen LogP contribution in [0.15, 0.2) is 0 Å². The predicted molar refractivity (Wildman–Crippen MR) is 78.5 cm³/mol. The number of hydrogen-bond donors (Lipinski definition) is 1. The van der Waals surface area contributed by atoms with Gasteiger partial charge in [0, 0.05) is 31.6 Å². The van der Waals surface area contributed by atoms with Gasteiger partial charge in [0.05, 0.1) is 0 Å².